The third-order valence-electron chi connectivity index (χ3n) is 2.62. The van der Waals surface area contributed by atoms with Crippen molar-refractivity contribution in [1.29, 1.82) is 0 Å². The lowest BCUT2D eigenvalue weighted by Crippen LogP contribution is -2.13. The number of ether oxygens (including phenoxy) is 1. The van der Waals surface area contributed by atoms with Gasteiger partial charge in [0.05, 0.1) is 6.61 Å². The van der Waals surface area contributed by atoms with Crippen LogP contribution in [0.5, 0.6) is 0 Å². The van der Waals surface area contributed by atoms with Crippen LogP contribution in [-0.2, 0) is 17.7 Å². The number of rotatable bonds is 3. The van der Waals surface area contributed by atoms with Crippen LogP contribution < -0.4 is 0 Å². The monoisotopic (exact) mass is 213 g/mol. The third-order valence-corrected chi connectivity index (χ3v) is 2.93. The maximum Gasteiger partial charge on any atom is 0.195 e. The smallest absolute Gasteiger partial charge is 0.195 e. The molecule has 0 aliphatic carbocycles. The standard InChI is InChI=1S/C9H15N3OS/c1-2-8-10-11-9(14)12(8)5-7-3-4-13-6-7/h7H,2-6H2,1H3,(H,11,14). The number of nitrogens with zero attached hydrogens (tertiary/aromatic N) is 2. The minimum atomic E-state index is 0.601. The molecule has 1 aliphatic heterocycles. The topological polar surface area (TPSA) is 42.8 Å². The summed E-state index contributed by atoms with van der Waals surface area (Å²) in [5, 5.41) is 7.02. The molecule has 14 heavy (non-hydrogen) atoms. The molecule has 0 spiro atoms. The van der Waals surface area contributed by atoms with Gasteiger partial charge in [0.25, 0.3) is 0 Å². The zero-order valence-corrected chi connectivity index (χ0v) is 9.14. The number of aryl methyl sites for hydroxylation is 1. The van der Waals surface area contributed by atoms with Crippen molar-refractivity contribution < 1.29 is 4.74 Å². The molecule has 1 saturated heterocycles. The highest BCUT2D eigenvalue weighted by Crippen LogP contribution is 2.15. The van der Waals surface area contributed by atoms with E-state index in [1.807, 2.05) is 0 Å². The highest BCUT2D eigenvalue weighted by atomic mass is 32.1. The first-order valence-electron chi connectivity index (χ1n) is 5.03. The van der Waals surface area contributed by atoms with E-state index in [1.165, 1.54) is 0 Å². The van der Waals surface area contributed by atoms with Crippen LogP contribution in [-0.4, -0.2) is 28.0 Å². The first-order valence-corrected chi connectivity index (χ1v) is 5.44. The van der Waals surface area contributed by atoms with E-state index in [0.29, 0.717) is 5.92 Å². The van der Waals surface area contributed by atoms with E-state index in [0.717, 1.165) is 43.2 Å². The van der Waals surface area contributed by atoms with E-state index in [2.05, 4.69) is 21.7 Å². The molecular weight excluding hydrogens is 198 g/mol. The first kappa shape index (κ1) is 9.86. The van der Waals surface area contributed by atoms with Gasteiger partial charge in [-0.3, -0.25) is 5.10 Å². The summed E-state index contributed by atoms with van der Waals surface area (Å²) in [5.74, 6) is 1.64. The highest BCUT2D eigenvalue weighted by Gasteiger charge is 2.17. The van der Waals surface area contributed by atoms with Crippen molar-refractivity contribution in [3.63, 3.8) is 0 Å². The van der Waals surface area contributed by atoms with Crippen LogP contribution in [0.1, 0.15) is 19.2 Å². The summed E-state index contributed by atoms with van der Waals surface area (Å²) in [6.07, 6.45) is 2.05. The summed E-state index contributed by atoms with van der Waals surface area (Å²) >= 11 is 5.18. The van der Waals surface area contributed by atoms with E-state index < -0.39 is 0 Å². The summed E-state index contributed by atoms with van der Waals surface area (Å²) in [6, 6.07) is 0. The van der Waals surface area contributed by atoms with E-state index in [-0.39, 0.29) is 0 Å². The molecule has 1 aromatic heterocycles. The Bertz CT molecular complexity index is 351. The van der Waals surface area contributed by atoms with Gasteiger partial charge in [0.15, 0.2) is 4.77 Å². The average Bonchev–Trinajstić information content (AvgIpc) is 2.79. The molecule has 1 unspecified atom stereocenters. The lowest BCUT2D eigenvalue weighted by Gasteiger charge is -2.09. The van der Waals surface area contributed by atoms with Gasteiger partial charge in [-0.05, 0) is 18.6 Å². The fourth-order valence-electron chi connectivity index (χ4n) is 1.79. The van der Waals surface area contributed by atoms with E-state index in [4.69, 9.17) is 17.0 Å². The Balaban J connectivity index is 2.13. The molecule has 1 aromatic rings. The Morgan fingerprint density at radius 2 is 2.57 bits per heavy atom. The van der Waals surface area contributed by atoms with E-state index >= 15 is 0 Å². The lowest BCUT2D eigenvalue weighted by atomic mass is 10.1. The number of aromatic amines is 1. The Kier molecular flexibility index (Phi) is 2.98. The van der Waals surface area contributed by atoms with Gasteiger partial charge in [-0.25, -0.2) is 0 Å². The summed E-state index contributed by atoms with van der Waals surface area (Å²) in [5.41, 5.74) is 0. The molecule has 0 saturated carbocycles. The molecule has 0 radical (unpaired) electrons. The second kappa shape index (κ2) is 4.23. The maximum atomic E-state index is 5.34. The third kappa shape index (κ3) is 1.88. The minimum absolute atomic E-state index is 0.601. The number of nitrogens with one attached hydrogen (secondary N) is 1. The van der Waals surface area contributed by atoms with Gasteiger partial charge in [-0.15, -0.1) is 0 Å². The Morgan fingerprint density at radius 1 is 1.71 bits per heavy atom. The van der Waals surface area contributed by atoms with Gasteiger partial charge in [0.1, 0.15) is 5.82 Å². The summed E-state index contributed by atoms with van der Waals surface area (Å²) in [6.45, 7) is 4.78. The predicted octanol–water partition coefficient (Wildman–Crippen LogP) is 1.54. The van der Waals surface area contributed by atoms with Crippen molar-refractivity contribution in [2.45, 2.75) is 26.3 Å². The highest BCUT2D eigenvalue weighted by molar-refractivity contribution is 7.71. The molecule has 1 atom stereocenters. The van der Waals surface area contributed by atoms with Crippen LogP contribution in [0.2, 0.25) is 0 Å². The van der Waals surface area contributed by atoms with Gasteiger partial charge < -0.3 is 9.30 Å². The minimum Gasteiger partial charge on any atom is -0.381 e. The van der Waals surface area contributed by atoms with Crippen molar-refractivity contribution in [3.8, 4) is 0 Å². The molecule has 0 amide bonds. The first-order chi connectivity index (χ1) is 6.81. The second-order valence-corrected chi connectivity index (χ2v) is 4.03. The van der Waals surface area contributed by atoms with E-state index in [9.17, 15) is 0 Å². The number of hydrogen-bond acceptors (Lipinski definition) is 3. The molecule has 1 fully saturated rings. The molecule has 5 heteroatoms. The van der Waals surface area contributed by atoms with Gasteiger partial charge in [0, 0.05) is 25.5 Å². The van der Waals surface area contributed by atoms with Crippen molar-refractivity contribution in [3.05, 3.63) is 10.6 Å². The van der Waals surface area contributed by atoms with Gasteiger partial charge in [0.2, 0.25) is 0 Å². The van der Waals surface area contributed by atoms with Crippen molar-refractivity contribution >= 4 is 12.2 Å². The van der Waals surface area contributed by atoms with Crippen LogP contribution >= 0.6 is 12.2 Å². The van der Waals surface area contributed by atoms with E-state index in [1.54, 1.807) is 0 Å². The maximum absolute atomic E-state index is 5.34. The molecular formula is C9H15N3OS. The van der Waals surface area contributed by atoms with Gasteiger partial charge in [-0.1, -0.05) is 6.92 Å². The Hall–Kier alpha value is -0.680. The Morgan fingerprint density at radius 3 is 3.21 bits per heavy atom. The number of hydrogen-bond donors (Lipinski definition) is 1. The molecule has 1 aliphatic rings. The molecule has 2 heterocycles. The normalized spacial score (nSPS) is 21.6. The summed E-state index contributed by atoms with van der Waals surface area (Å²) < 4.78 is 8.16. The molecule has 4 nitrogen and oxygen atoms in total. The zero-order chi connectivity index (χ0) is 9.97. The zero-order valence-electron chi connectivity index (χ0n) is 8.32. The molecule has 78 valence electrons. The van der Waals surface area contributed by atoms with Crippen LogP contribution in [0, 0.1) is 10.7 Å². The largest absolute Gasteiger partial charge is 0.381 e. The molecule has 0 bridgehead atoms. The van der Waals surface area contributed by atoms with Gasteiger partial charge in [-0.2, -0.15) is 5.10 Å². The number of H-pyrrole nitrogens is 1. The Labute approximate surface area is 88.3 Å². The van der Waals surface area contributed by atoms with Gasteiger partial charge >= 0.3 is 0 Å². The molecule has 1 N–H and O–H groups in total. The predicted molar refractivity (Wildman–Crippen MR) is 55.7 cm³/mol. The quantitative estimate of drug-likeness (QED) is 0.774. The van der Waals surface area contributed by atoms with Crippen molar-refractivity contribution in [2.75, 3.05) is 13.2 Å². The van der Waals surface area contributed by atoms with Crippen LogP contribution in [0.4, 0.5) is 0 Å². The number of aromatic nitrogens is 3. The molecule has 2 rings (SSSR count). The van der Waals surface area contributed by atoms with Crippen LogP contribution in [0.25, 0.3) is 0 Å². The van der Waals surface area contributed by atoms with Crippen LogP contribution in [0.3, 0.4) is 0 Å². The molecule has 0 aromatic carbocycles. The summed E-state index contributed by atoms with van der Waals surface area (Å²) in [4.78, 5) is 0. The van der Waals surface area contributed by atoms with Crippen LogP contribution in [0.15, 0.2) is 0 Å². The lowest BCUT2D eigenvalue weighted by molar-refractivity contribution is 0.182. The fraction of sp³-hybridized carbons (Fsp3) is 0.778. The summed E-state index contributed by atoms with van der Waals surface area (Å²) in [7, 11) is 0. The van der Waals surface area contributed by atoms with Crippen molar-refractivity contribution in [1.82, 2.24) is 14.8 Å². The average molecular weight is 213 g/mol. The second-order valence-electron chi connectivity index (χ2n) is 3.64. The fourth-order valence-corrected chi connectivity index (χ4v) is 2.02. The SMILES string of the molecule is CCc1n[nH]c(=S)n1CC1CCOC1. The van der Waals surface area contributed by atoms with Crippen molar-refractivity contribution in [2.24, 2.45) is 5.92 Å².